The van der Waals surface area contributed by atoms with E-state index in [-0.39, 0.29) is 23.9 Å². The molecule has 0 saturated carbocycles. The smallest absolute Gasteiger partial charge is 0.253 e. The number of aromatic nitrogens is 2. The van der Waals surface area contributed by atoms with Crippen LogP contribution in [-0.4, -0.2) is 59.7 Å². The van der Waals surface area contributed by atoms with E-state index in [1.165, 1.54) is 10.6 Å². The van der Waals surface area contributed by atoms with E-state index in [1.54, 1.807) is 59.8 Å². The molecule has 172 valence electrons. The number of carbonyl (C=O) groups excluding carboxylic acids is 1. The zero-order valence-corrected chi connectivity index (χ0v) is 19.7. The van der Waals surface area contributed by atoms with E-state index in [9.17, 15) is 13.2 Å². The largest absolute Gasteiger partial charge is 0.336 e. The van der Waals surface area contributed by atoms with Gasteiger partial charge in [0.1, 0.15) is 6.33 Å². The average molecular weight is 493 g/mol. The van der Waals surface area contributed by atoms with Gasteiger partial charge in [-0.25, -0.2) is 18.4 Å². The number of piperazine rings is 1. The maximum Gasteiger partial charge on any atom is 0.253 e. The third kappa shape index (κ3) is 4.40. The maximum absolute atomic E-state index is 13.2. The molecule has 0 unspecified atom stereocenters. The molecule has 0 bridgehead atoms. The first-order chi connectivity index (χ1) is 16.4. The van der Waals surface area contributed by atoms with Gasteiger partial charge < -0.3 is 4.90 Å². The highest BCUT2D eigenvalue weighted by atomic mass is 35.5. The van der Waals surface area contributed by atoms with E-state index < -0.39 is 10.0 Å². The number of rotatable bonds is 4. The van der Waals surface area contributed by atoms with Crippen molar-refractivity contribution in [1.82, 2.24) is 19.2 Å². The minimum absolute atomic E-state index is 0.115. The number of nitrogens with zero attached hydrogens (tertiary/aromatic N) is 4. The first kappa shape index (κ1) is 22.5. The molecular formula is C25H21ClN4O3S. The molecule has 3 aromatic carbocycles. The van der Waals surface area contributed by atoms with Crippen molar-refractivity contribution in [2.45, 2.75) is 4.90 Å². The van der Waals surface area contributed by atoms with E-state index >= 15 is 0 Å². The summed E-state index contributed by atoms with van der Waals surface area (Å²) < 4.78 is 27.8. The zero-order valence-electron chi connectivity index (χ0n) is 18.1. The molecule has 1 aromatic heterocycles. The predicted molar refractivity (Wildman–Crippen MR) is 131 cm³/mol. The summed E-state index contributed by atoms with van der Waals surface area (Å²) in [4.78, 5) is 22.9. The van der Waals surface area contributed by atoms with Crippen molar-refractivity contribution in [2.24, 2.45) is 0 Å². The molecule has 1 aliphatic heterocycles. The Morgan fingerprint density at radius 3 is 2.15 bits per heavy atom. The molecule has 0 spiro atoms. The second kappa shape index (κ2) is 9.13. The molecule has 1 amide bonds. The summed E-state index contributed by atoms with van der Waals surface area (Å²) in [5.41, 5.74) is 2.35. The number of hydrogen-bond donors (Lipinski definition) is 0. The minimum Gasteiger partial charge on any atom is -0.336 e. The van der Waals surface area contributed by atoms with E-state index in [1.807, 2.05) is 18.2 Å². The molecule has 1 fully saturated rings. The van der Waals surface area contributed by atoms with Gasteiger partial charge in [0, 0.05) is 54.7 Å². The van der Waals surface area contributed by atoms with Gasteiger partial charge in [0.2, 0.25) is 10.0 Å². The summed E-state index contributed by atoms with van der Waals surface area (Å²) in [6.45, 7) is 1.14. The van der Waals surface area contributed by atoms with Crippen molar-refractivity contribution in [3.05, 3.63) is 90.0 Å². The van der Waals surface area contributed by atoms with Crippen LogP contribution in [0.2, 0.25) is 5.02 Å². The van der Waals surface area contributed by atoms with Gasteiger partial charge in [0.05, 0.1) is 4.90 Å². The number of amides is 1. The number of hydrogen-bond acceptors (Lipinski definition) is 5. The van der Waals surface area contributed by atoms with Crippen molar-refractivity contribution in [3.63, 3.8) is 0 Å². The summed E-state index contributed by atoms with van der Waals surface area (Å²) in [5.74, 6) is -0.115. The van der Waals surface area contributed by atoms with Crippen LogP contribution in [0.3, 0.4) is 0 Å². The highest BCUT2D eigenvalue weighted by Gasteiger charge is 2.30. The lowest BCUT2D eigenvalue weighted by Crippen LogP contribution is -2.50. The molecule has 0 atom stereocenters. The minimum atomic E-state index is -3.66. The third-order valence-corrected chi connectivity index (χ3v) is 8.09. The molecule has 0 radical (unpaired) electrons. The molecule has 4 aromatic rings. The Labute approximate surface area is 202 Å². The number of sulfonamides is 1. The maximum atomic E-state index is 13.2. The monoisotopic (exact) mass is 492 g/mol. The fourth-order valence-electron chi connectivity index (χ4n) is 4.07. The summed E-state index contributed by atoms with van der Waals surface area (Å²) >= 11 is 6.03. The van der Waals surface area contributed by atoms with Crippen molar-refractivity contribution >= 4 is 38.3 Å². The first-order valence-electron chi connectivity index (χ1n) is 10.8. The number of carbonyl (C=O) groups is 1. The van der Waals surface area contributed by atoms with Crippen LogP contribution < -0.4 is 0 Å². The fourth-order valence-corrected chi connectivity index (χ4v) is 5.71. The quantitative estimate of drug-likeness (QED) is 0.428. The molecule has 7 nitrogen and oxygen atoms in total. The van der Waals surface area contributed by atoms with Crippen molar-refractivity contribution in [1.29, 1.82) is 0 Å². The topological polar surface area (TPSA) is 83.5 Å². The Morgan fingerprint density at radius 1 is 0.794 bits per heavy atom. The first-order valence-corrected chi connectivity index (χ1v) is 12.6. The molecule has 1 aliphatic rings. The van der Waals surface area contributed by atoms with Crippen LogP contribution in [0.1, 0.15) is 10.4 Å². The van der Waals surface area contributed by atoms with Gasteiger partial charge in [0.25, 0.3) is 5.91 Å². The summed E-state index contributed by atoms with van der Waals surface area (Å²) in [6.07, 6.45) is 4.90. The lowest BCUT2D eigenvalue weighted by molar-refractivity contribution is 0.0698. The van der Waals surface area contributed by atoms with E-state index in [0.717, 1.165) is 21.9 Å². The summed E-state index contributed by atoms with van der Waals surface area (Å²) in [5, 5.41) is 2.30. The van der Waals surface area contributed by atoms with Crippen LogP contribution in [0.25, 0.3) is 21.9 Å². The highest BCUT2D eigenvalue weighted by Crippen LogP contribution is 2.25. The van der Waals surface area contributed by atoms with Crippen molar-refractivity contribution in [3.8, 4) is 11.1 Å². The second-order valence-electron chi connectivity index (χ2n) is 8.05. The lowest BCUT2D eigenvalue weighted by atomic mass is 10.1. The van der Waals surface area contributed by atoms with Crippen LogP contribution in [0, 0.1) is 0 Å². The van der Waals surface area contributed by atoms with Crippen LogP contribution in [0.5, 0.6) is 0 Å². The molecule has 5 rings (SSSR count). The van der Waals surface area contributed by atoms with Gasteiger partial charge in [-0.3, -0.25) is 4.79 Å². The Hall–Kier alpha value is -3.33. The third-order valence-electron chi connectivity index (χ3n) is 5.96. The van der Waals surface area contributed by atoms with Gasteiger partial charge in [-0.05, 0) is 52.7 Å². The van der Waals surface area contributed by atoms with Gasteiger partial charge in [-0.1, -0.05) is 35.9 Å². The zero-order chi connectivity index (χ0) is 23.7. The van der Waals surface area contributed by atoms with Crippen molar-refractivity contribution < 1.29 is 13.2 Å². The second-order valence-corrected chi connectivity index (χ2v) is 10.4. The number of fused-ring (bicyclic) bond motifs is 1. The lowest BCUT2D eigenvalue weighted by Gasteiger charge is -2.34. The van der Waals surface area contributed by atoms with Crippen LogP contribution in [0.15, 0.2) is 84.3 Å². The molecule has 0 N–H and O–H groups in total. The Kier molecular flexibility index (Phi) is 6.03. The van der Waals surface area contributed by atoms with Crippen LogP contribution in [0.4, 0.5) is 0 Å². The fraction of sp³-hybridized carbons (Fsp3) is 0.160. The average Bonchev–Trinajstić information content (AvgIpc) is 2.88. The highest BCUT2D eigenvalue weighted by molar-refractivity contribution is 7.89. The Morgan fingerprint density at radius 2 is 1.44 bits per heavy atom. The molecule has 1 saturated heterocycles. The van der Waals surface area contributed by atoms with Gasteiger partial charge in [-0.2, -0.15) is 4.31 Å². The van der Waals surface area contributed by atoms with Crippen LogP contribution in [-0.2, 0) is 10.0 Å². The molecule has 34 heavy (non-hydrogen) atoms. The Bertz CT molecular complexity index is 1450. The van der Waals surface area contributed by atoms with Gasteiger partial charge in [-0.15, -0.1) is 0 Å². The number of benzene rings is 3. The molecule has 0 aliphatic carbocycles. The summed E-state index contributed by atoms with van der Waals surface area (Å²) in [7, 11) is -3.66. The van der Waals surface area contributed by atoms with Crippen molar-refractivity contribution in [2.75, 3.05) is 26.2 Å². The molecule has 9 heteroatoms. The van der Waals surface area contributed by atoms with Gasteiger partial charge in [0.15, 0.2) is 0 Å². The van der Waals surface area contributed by atoms with E-state index in [2.05, 4.69) is 9.97 Å². The summed E-state index contributed by atoms with van der Waals surface area (Å²) in [6, 6.07) is 17.6. The Balaban J connectivity index is 1.27. The van der Waals surface area contributed by atoms with Crippen LogP contribution >= 0.6 is 11.6 Å². The number of halogens is 1. The standard InChI is InChI=1S/C25H21ClN4O3S/c26-23-7-5-21-14-24(8-6-20(21)13-23)34(32,33)30-11-9-29(10-12-30)25(31)19-3-1-18(2-4-19)22-15-27-17-28-16-22/h1-8,13-17H,9-12H2. The molecular weight excluding hydrogens is 472 g/mol. The predicted octanol–water partition coefficient (Wildman–Crippen LogP) is 4.10. The van der Waals surface area contributed by atoms with Gasteiger partial charge >= 0.3 is 0 Å². The SMILES string of the molecule is O=C(c1ccc(-c2cncnc2)cc1)N1CCN(S(=O)(=O)c2ccc3cc(Cl)ccc3c2)CC1. The van der Waals surface area contributed by atoms with E-state index in [0.29, 0.717) is 23.7 Å². The van der Waals surface area contributed by atoms with E-state index in [4.69, 9.17) is 11.6 Å². The molecule has 2 heterocycles. The normalized spacial score (nSPS) is 14.9.